The molecule has 0 saturated heterocycles. The molecule has 1 unspecified atom stereocenters. The second-order valence-electron chi connectivity index (χ2n) is 1.32. The van der Waals surface area contributed by atoms with Crippen molar-refractivity contribution in [2.24, 2.45) is 5.73 Å². The highest BCUT2D eigenvalue weighted by Crippen LogP contribution is 2.14. The fourth-order valence-electron chi connectivity index (χ4n) is 0.180. The molecule has 0 radical (unpaired) electrons. The van der Waals surface area contributed by atoms with Gasteiger partial charge in [0.05, 0.1) is 0 Å². The number of halogens is 3. The van der Waals surface area contributed by atoms with E-state index in [1.165, 1.54) is 0 Å². The molecule has 0 fully saturated rings. The quantitative estimate of drug-likeness (QED) is 0.529. The summed E-state index contributed by atoms with van der Waals surface area (Å²) in [5.74, 6) is 0. The van der Waals surface area contributed by atoms with Crippen LogP contribution in [0.5, 0.6) is 0 Å². The summed E-state index contributed by atoms with van der Waals surface area (Å²) in [6, 6.07) is 0. The highest BCUT2D eigenvalue weighted by Gasteiger charge is 2.28. The summed E-state index contributed by atoms with van der Waals surface area (Å²) in [6.45, 7) is -1.52. The maximum absolute atomic E-state index is 11.1. The van der Waals surface area contributed by atoms with Crippen LogP contribution in [0.25, 0.3) is 0 Å². The van der Waals surface area contributed by atoms with Crippen LogP contribution in [0.1, 0.15) is 0 Å². The van der Waals surface area contributed by atoms with Gasteiger partial charge in [-0.05, 0) is 0 Å². The smallest absolute Gasteiger partial charge is 0.356 e. The molecule has 0 aromatic rings. The Labute approximate surface area is 49.2 Å². The number of alkyl halides is 3. The highest BCUT2D eigenvalue weighted by atomic mass is 19.4. The third-order valence-electron chi connectivity index (χ3n) is 0.418. The number of aliphatic hydroxyl groups excluding tert-OH is 1. The fourth-order valence-corrected chi connectivity index (χ4v) is 0.180. The molecule has 3 N–H and O–H groups in total. The second kappa shape index (κ2) is 3.00. The van der Waals surface area contributed by atoms with Crippen molar-refractivity contribution in [3.8, 4) is 0 Å². The van der Waals surface area contributed by atoms with Gasteiger partial charge in [-0.3, -0.25) is 5.73 Å². The van der Waals surface area contributed by atoms with Crippen molar-refractivity contribution in [1.82, 2.24) is 0 Å². The van der Waals surface area contributed by atoms with Gasteiger partial charge in [0.1, 0.15) is 6.61 Å². The zero-order valence-corrected chi connectivity index (χ0v) is 4.35. The summed E-state index contributed by atoms with van der Waals surface area (Å²) < 4.78 is 37.0. The minimum absolute atomic E-state index is 1.52. The molecule has 6 heteroatoms. The summed E-state index contributed by atoms with van der Waals surface area (Å²) in [5.41, 5.74) is 4.43. The molecular formula is C3H6F3NO2. The predicted octanol–water partition coefficient (Wildman–Crippen LogP) is -0.200. The van der Waals surface area contributed by atoms with Crippen LogP contribution in [0.4, 0.5) is 13.2 Å². The van der Waals surface area contributed by atoms with E-state index in [0.717, 1.165) is 0 Å². The van der Waals surface area contributed by atoms with Crippen LogP contribution in [0.3, 0.4) is 0 Å². The first-order valence-corrected chi connectivity index (χ1v) is 2.04. The van der Waals surface area contributed by atoms with Crippen molar-refractivity contribution in [3.05, 3.63) is 0 Å². The molecule has 3 nitrogen and oxygen atoms in total. The first-order chi connectivity index (χ1) is 3.92. The predicted molar refractivity (Wildman–Crippen MR) is 22.2 cm³/mol. The van der Waals surface area contributed by atoms with Gasteiger partial charge in [-0.25, -0.2) is 0 Å². The van der Waals surface area contributed by atoms with E-state index in [9.17, 15) is 13.2 Å². The number of hydrogen-bond donors (Lipinski definition) is 2. The Kier molecular flexibility index (Phi) is 2.89. The van der Waals surface area contributed by atoms with E-state index in [2.05, 4.69) is 10.5 Å². The zero-order chi connectivity index (χ0) is 7.49. The minimum atomic E-state index is -4.43. The molecule has 0 aliphatic rings. The number of ether oxygens (including phenoxy) is 1. The second-order valence-corrected chi connectivity index (χ2v) is 1.32. The van der Waals surface area contributed by atoms with Crippen LogP contribution < -0.4 is 5.73 Å². The third-order valence-corrected chi connectivity index (χ3v) is 0.418. The Hall–Kier alpha value is -0.330. The monoisotopic (exact) mass is 145 g/mol. The molecule has 0 heterocycles. The standard InChI is InChI=1S/C3H6F3NO2/c4-3(5,6)1-9-2(7)8/h2,8H,1,7H2. The Morgan fingerprint density at radius 2 is 2.00 bits per heavy atom. The van der Waals surface area contributed by atoms with Gasteiger partial charge in [-0.1, -0.05) is 0 Å². The van der Waals surface area contributed by atoms with Crippen molar-refractivity contribution < 1.29 is 23.0 Å². The first kappa shape index (κ1) is 8.67. The summed E-state index contributed by atoms with van der Waals surface area (Å²) in [7, 11) is 0. The van der Waals surface area contributed by atoms with Gasteiger partial charge in [0.15, 0.2) is 0 Å². The molecule has 0 aliphatic carbocycles. The van der Waals surface area contributed by atoms with E-state index < -0.39 is 19.2 Å². The van der Waals surface area contributed by atoms with Crippen molar-refractivity contribution in [2.75, 3.05) is 6.61 Å². The minimum Gasteiger partial charge on any atom is -0.356 e. The molecule has 0 aliphatic heterocycles. The van der Waals surface area contributed by atoms with Crippen molar-refractivity contribution in [1.29, 1.82) is 0 Å². The highest BCUT2D eigenvalue weighted by molar-refractivity contribution is 4.44. The topological polar surface area (TPSA) is 55.5 Å². The van der Waals surface area contributed by atoms with Gasteiger partial charge in [-0.2, -0.15) is 13.2 Å². The third kappa shape index (κ3) is 7.67. The Morgan fingerprint density at radius 1 is 1.56 bits per heavy atom. The molecule has 9 heavy (non-hydrogen) atoms. The van der Waals surface area contributed by atoms with Crippen molar-refractivity contribution in [3.63, 3.8) is 0 Å². The van der Waals surface area contributed by atoms with Crippen LogP contribution in [0.15, 0.2) is 0 Å². The van der Waals surface area contributed by atoms with Crippen LogP contribution >= 0.6 is 0 Å². The summed E-state index contributed by atoms with van der Waals surface area (Å²) >= 11 is 0. The van der Waals surface area contributed by atoms with Gasteiger partial charge in [-0.15, -0.1) is 0 Å². The number of rotatable bonds is 2. The Bertz CT molecular complexity index is 81.6. The van der Waals surface area contributed by atoms with Crippen LogP contribution in [-0.4, -0.2) is 24.3 Å². The molecule has 0 aromatic carbocycles. The Morgan fingerprint density at radius 3 is 2.11 bits per heavy atom. The van der Waals surface area contributed by atoms with Crippen LogP contribution in [-0.2, 0) is 4.74 Å². The number of aliphatic hydroxyl groups is 1. The lowest BCUT2D eigenvalue weighted by Crippen LogP contribution is -2.28. The fraction of sp³-hybridized carbons (Fsp3) is 1.00. The van der Waals surface area contributed by atoms with Gasteiger partial charge in [0.25, 0.3) is 0 Å². The molecule has 0 rings (SSSR count). The lowest BCUT2D eigenvalue weighted by atomic mass is 10.7. The summed E-state index contributed by atoms with van der Waals surface area (Å²) in [6.07, 6.45) is -6.29. The van der Waals surface area contributed by atoms with E-state index in [1.54, 1.807) is 0 Å². The van der Waals surface area contributed by atoms with Gasteiger partial charge in [0.2, 0.25) is 6.41 Å². The molecule has 1 atom stereocenters. The molecule has 0 spiro atoms. The van der Waals surface area contributed by atoms with E-state index in [0.29, 0.717) is 0 Å². The molecule has 0 aromatic heterocycles. The maximum atomic E-state index is 11.1. The van der Waals surface area contributed by atoms with E-state index >= 15 is 0 Å². The number of hydrogen-bond acceptors (Lipinski definition) is 3. The van der Waals surface area contributed by atoms with Gasteiger partial charge < -0.3 is 9.84 Å². The van der Waals surface area contributed by atoms with E-state index in [1.807, 2.05) is 0 Å². The molecular weight excluding hydrogens is 139 g/mol. The lowest BCUT2D eigenvalue weighted by molar-refractivity contribution is -0.214. The van der Waals surface area contributed by atoms with Crippen molar-refractivity contribution >= 4 is 0 Å². The molecule has 0 saturated carbocycles. The Balaban J connectivity index is 3.28. The SMILES string of the molecule is NC(O)OCC(F)(F)F. The lowest BCUT2D eigenvalue weighted by Gasteiger charge is -2.08. The summed E-state index contributed by atoms with van der Waals surface area (Å²) in [4.78, 5) is 0. The van der Waals surface area contributed by atoms with Crippen LogP contribution in [0.2, 0.25) is 0 Å². The normalized spacial score (nSPS) is 15.7. The largest absolute Gasteiger partial charge is 0.411 e. The molecule has 56 valence electrons. The van der Waals surface area contributed by atoms with Gasteiger partial charge >= 0.3 is 6.18 Å². The van der Waals surface area contributed by atoms with Crippen molar-refractivity contribution in [2.45, 2.75) is 12.6 Å². The summed E-state index contributed by atoms with van der Waals surface area (Å²) in [5, 5.41) is 7.97. The van der Waals surface area contributed by atoms with E-state index in [4.69, 9.17) is 5.11 Å². The zero-order valence-electron chi connectivity index (χ0n) is 4.35. The number of nitrogens with two attached hydrogens (primary N) is 1. The maximum Gasteiger partial charge on any atom is 0.411 e. The molecule has 0 bridgehead atoms. The molecule has 0 amide bonds. The van der Waals surface area contributed by atoms with Gasteiger partial charge in [0, 0.05) is 0 Å². The van der Waals surface area contributed by atoms with E-state index in [-0.39, 0.29) is 0 Å². The first-order valence-electron chi connectivity index (χ1n) is 2.04. The van der Waals surface area contributed by atoms with Crippen LogP contribution in [0, 0.1) is 0 Å². The average Bonchev–Trinajstić information content (AvgIpc) is 1.59. The average molecular weight is 145 g/mol.